The largest absolute Gasteiger partial charge is 0.488 e. The van der Waals surface area contributed by atoms with E-state index in [0.717, 1.165) is 5.56 Å². The molecule has 3 aromatic rings. The molecule has 0 aliphatic carbocycles. The van der Waals surface area contributed by atoms with E-state index in [4.69, 9.17) is 9.84 Å². The van der Waals surface area contributed by atoms with Gasteiger partial charge in [-0.2, -0.15) is 13.2 Å². The monoisotopic (exact) mass is 487 g/mol. The highest BCUT2D eigenvalue weighted by Gasteiger charge is 2.36. The molecule has 1 N–H and O–H groups in total. The van der Waals surface area contributed by atoms with Crippen LogP contribution in [0.2, 0.25) is 0 Å². The highest BCUT2D eigenvalue weighted by molar-refractivity contribution is 7.12. The van der Waals surface area contributed by atoms with Crippen LogP contribution in [0.5, 0.6) is 5.75 Å². The second kappa shape index (κ2) is 9.34. The van der Waals surface area contributed by atoms with Gasteiger partial charge in [-0.15, -0.1) is 11.3 Å². The Labute approximate surface area is 197 Å². The van der Waals surface area contributed by atoms with Gasteiger partial charge in [0.25, 0.3) is 5.91 Å². The molecule has 1 amide bonds. The molecular formula is C25H20F3NO4S. The third-order valence-electron chi connectivity index (χ3n) is 5.37. The smallest absolute Gasteiger partial charge is 0.426 e. The standard InChI is InChI=1S/C25H20F3NO4S/c1-15(11-22(30)31)24(32)29-10-9-17-12-18(7-8-21(17)29)33-14-19-13-20(16-5-3-2-4-6-16)23(34-19)25(26,27)28/h2-8,12-13H,1,9-11,14H2,(H,30,31). The van der Waals surface area contributed by atoms with Crippen molar-refractivity contribution in [1.82, 2.24) is 0 Å². The molecule has 5 nitrogen and oxygen atoms in total. The molecule has 0 bridgehead atoms. The van der Waals surface area contributed by atoms with Crippen LogP contribution in [0.4, 0.5) is 18.9 Å². The molecule has 176 valence electrons. The first-order valence-electron chi connectivity index (χ1n) is 10.4. The number of carboxylic acid groups (broad SMARTS) is 1. The number of carbonyl (C=O) groups is 2. The molecule has 34 heavy (non-hydrogen) atoms. The predicted molar refractivity (Wildman–Crippen MR) is 123 cm³/mol. The van der Waals surface area contributed by atoms with Crippen LogP contribution in [0.25, 0.3) is 11.1 Å². The van der Waals surface area contributed by atoms with Gasteiger partial charge in [-0.1, -0.05) is 36.9 Å². The summed E-state index contributed by atoms with van der Waals surface area (Å²) in [6.07, 6.45) is -4.35. The molecule has 0 saturated heterocycles. The summed E-state index contributed by atoms with van der Waals surface area (Å²) < 4.78 is 46.5. The molecule has 9 heteroatoms. The van der Waals surface area contributed by atoms with E-state index in [1.165, 1.54) is 11.0 Å². The lowest BCUT2D eigenvalue weighted by Crippen LogP contribution is -2.30. The predicted octanol–water partition coefficient (Wildman–Crippen LogP) is 5.93. The maximum atomic E-state index is 13.6. The highest BCUT2D eigenvalue weighted by atomic mass is 32.1. The minimum atomic E-state index is -4.47. The van der Waals surface area contributed by atoms with E-state index in [1.54, 1.807) is 48.5 Å². The maximum absolute atomic E-state index is 13.6. The van der Waals surface area contributed by atoms with Crippen LogP contribution in [0, 0.1) is 0 Å². The van der Waals surface area contributed by atoms with Crippen molar-refractivity contribution in [3.63, 3.8) is 0 Å². The molecule has 1 aliphatic rings. The lowest BCUT2D eigenvalue weighted by Gasteiger charge is -2.18. The van der Waals surface area contributed by atoms with Crippen molar-refractivity contribution in [2.45, 2.75) is 25.6 Å². The SMILES string of the molecule is C=C(CC(=O)O)C(=O)N1CCc2cc(OCc3cc(-c4ccccc4)c(C(F)(F)F)s3)ccc21. The summed E-state index contributed by atoms with van der Waals surface area (Å²) in [6, 6.07) is 15.0. The Balaban J connectivity index is 1.49. The zero-order valence-corrected chi connectivity index (χ0v) is 18.7. The number of carbonyl (C=O) groups excluding carboxylic acids is 1. The highest BCUT2D eigenvalue weighted by Crippen LogP contribution is 2.43. The van der Waals surface area contributed by atoms with E-state index in [0.29, 0.717) is 46.2 Å². The normalized spacial score (nSPS) is 13.0. The summed E-state index contributed by atoms with van der Waals surface area (Å²) in [5, 5.41) is 8.88. The van der Waals surface area contributed by atoms with Crippen LogP contribution < -0.4 is 9.64 Å². The van der Waals surface area contributed by atoms with Crippen molar-refractivity contribution in [3.05, 3.63) is 82.1 Å². The first-order chi connectivity index (χ1) is 16.1. The molecule has 1 aliphatic heterocycles. The lowest BCUT2D eigenvalue weighted by atomic mass is 10.1. The number of halogens is 3. The van der Waals surface area contributed by atoms with E-state index in [1.807, 2.05) is 0 Å². The average molecular weight is 487 g/mol. The van der Waals surface area contributed by atoms with Crippen LogP contribution in [0.15, 0.2) is 66.7 Å². The van der Waals surface area contributed by atoms with Gasteiger partial charge in [-0.3, -0.25) is 9.59 Å². The number of aliphatic carboxylic acids is 1. The Bertz CT molecular complexity index is 1250. The Morgan fingerprint density at radius 2 is 1.85 bits per heavy atom. The molecule has 2 aromatic carbocycles. The molecule has 0 spiro atoms. The molecule has 2 heterocycles. The van der Waals surface area contributed by atoms with E-state index < -0.39 is 29.4 Å². The minimum absolute atomic E-state index is 0.00642. The van der Waals surface area contributed by atoms with Crippen LogP contribution in [0.3, 0.4) is 0 Å². The number of fused-ring (bicyclic) bond motifs is 1. The number of hydrogen-bond donors (Lipinski definition) is 1. The molecule has 0 saturated carbocycles. The number of carboxylic acids is 1. The Morgan fingerprint density at radius 3 is 2.53 bits per heavy atom. The van der Waals surface area contributed by atoms with Crippen LogP contribution in [-0.4, -0.2) is 23.5 Å². The van der Waals surface area contributed by atoms with E-state index in [-0.39, 0.29) is 17.7 Å². The van der Waals surface area contributed by atoms with Gasteiger partial charge in [0.15, 0.2) is 0 Å². The fraction of sp³-hybridized carbons (Fsp3) is 0.200. The van der Waals surface area contributed by atoms with Crippen molar-refractivity contribution in [3.8, 4) is 16.9 Å². The first kappa shape index (κ1) is 23.6. The van der Waals surface area contributed by atoms with Crippen molar-refractivity contribution in [1.29, 1.82) is 0 Å². The zero-order valence-electron chi connectivity index (χ0n) is 17.9. The van der Waals surface area contributed by atoms with E-state index in [2.05, 4.69) is 6.58 Å². The van der Waals surface area contributed by atoms with E-state index in [9.17, 15) is 22.8 Å². The number of anilines is 1. The number of benzene rings is 2. The van der Waals surface area contributed by atoms with Crippen molar-refractivity contribution in [2.75, 3.05) is 11.4 Å². The van der Waals surface area contributed by atoms with Gasteiger partial charge in [-0.25, -0.2) is 0 Å². The summed E-state index contributed by atoms with van der Waals surface area (Å²) in [5.74, 6) is -1.10. The summed E-state index contributed by atoms with van der Waals surface area (Å²) >= 11 is 0.658. The van der Waals surface area contributed by atoms with Gasteiger partial charge < -0.3 is 14.7 Å². The lowest BCUT2D eigenvalue weighted by molar-refractivity contribution is -0.137. The third kappa shape index (κ3) is 4.99. The van der Waals surface area contributed by atoms with Crippen molar-refractivity contribution >= 4 is 28.9 Å². The number of amides is 1. The van der Waals surface area contributed by atoms with Gasteiger partial charge in [0.05, 0.1) is 6.42 Å². The van der Waals surface area contributed by atoms with Gasteiger partial charge in [0.2, 0.25) is 0 Å². The van der Waals surface area contributed by atoms with Crippen LogP contribution in [-0.2, 0) is 28.8 Å². The number of nitrogens with zero attached hydrogens (tertiary/aromatic N) is 1. The van der Waals surface area contributed by atoms with Gasteiger partial charge >= 0.3 is 12.1 Å². The number of hydrogen-bond acceptors (Lipinski definition) is 4. The Morgan fingerprint density at radius 1 is 1.12 bits per heavy atom. The van der Waals surface area contributed by atoms with Crippen molar-refractivity contribution < 1.29 is 32.6 Å². The summed E-state index contributed by atoms with van der Waals surface area (Å²) in [6.45, 7) is 3.92. The summed E-state index contributed by atoms with van der Waals surface area (Å²) in [7, 11) is 0. The number of ether oxygens (including phenoxy) is 1. The fourth-order valence-electron chi connectivity index (χ4n) is 3.84. The number of rotatable bonds is 7. The maximum Gasteiger partial charge on any atom is 0.426 e. The molecule has 0 atom stereocenters. The van der Waals surface area contributed by atoms with Crippen molar-refractivity contribution in [2.24, 2.45) is 0 Å². The average Bonchev–Trinajstić information content (AvgIpc) is 3.41. The number of alkyl halides is 3. The molecule has 0 fully saturated rings. The summed E-state index contributed by atoms with van der Waals surface area (Å²) in [5.41, 5.74) is 2.09. The molecule has 1 aromatic heterocycles. The van der Waals surface area contributed by atoms with Gasteiger partial charge in [-0.05, 0) is 41.8 Å². The Hall–Kier alpha value is -3.59. The van der Waals surface area contributed by atoms with Crippen LogP contribution >= 0.6 is 11.3 Å². The summed E-state index contributed by atoms with van der Waals surface area (Å²) in [4.78, 5) is 24.6. The van der Waals surface area contributed by atoms with Gasteiger partial charge in [0.1, 0.15) is 17.2 Å². The first-order valence-corrected chi connectivity index (χ1v) is 11.2. The second-order valence-corrected chi connectivity index (χ2v) is 8.92. The van der Waals surface area contributed by atoms with Gasteiger partial charge in [0, 0.05) is 28.2 Å². The third-order valence-corrected chi connectivity index (χ3v) is 6.52. The number of thiophene rings is 1. The molecular weight excluding hydrogens is 467 g/mol. The quantitative estimate of drug-likeness (QED) is 0.420. The topological polar surface area (TPSA) is 66.8 Å². The minimum Gasteiger partial charge on any atom is -0.488 e. The molecule has 0 unspecified atom stereocenters. The fourth-order valence-corrected chi connectivity index (χ4v) is 4.80. The molecule has 4 rings (SSSR count). The van der Waals surface area contributed by atoms with E-state index >= 15 is 0 Å². The second-order valence-electron chi connectivity index (χ2n) is 7.78. The Kier molecular flexibility index (Phi) is 6.47. The zero-order chi connectivity index (χ0) is 24.5. The molecule has 0 radical (unpaired) electrons. The van der Waals surface area contributed by atoms with Crippen LogP contribution in [0.1, 0.15) is 21.7 Å².